The monoisotopic (exact) mass is 284 g/mol. The van der Waals surface area contributed by atoms with Gasteiger partial charge in [0.05, 0.1) is 11.1 Å². The van der Waals surface area contributed by atoms with Gasteiger partial charge in [-0.05, 0) is 31.9 Å². The summed E-state index contributed by atoms with van der Waals surface area (Å²) in [7, 11) is 0. The molecule has 0 radical (unpaired) electrons. The number of hydrogen-bond acceptors (Lipinski definition) is 5. The van der Waals surface area contributed by atoms with Gasteiger partial charge < -0.3 is 16.2 Å². The second-order valence-corrected chi connectivity index (χ2v) is 5.13. The molecule has 4 N–H and O–H groups in total. The molecule has 0 bridgehead atoms. The van der Waals surface area contributed by atoms with Crippen molar-refractivity contribution in [2.75, 3.05) is 5.73 Å². The second kappa shape index (κ2) is 5.05. The SMILES string of the molecule is Cc1c(N)nc(C2CC2)nc1Oc1ccccc1C(N)=O. The molecule has 1 fully saturated rings. The first-order chi connectivity index (χ1) is 10.1. The van der Waals surface area contributed by atoms with Gasteiger partial charge in [0, 0.05) is 5.92 Å². The molecule has 3 rings (SSSR count). The molecular weight excluding hydrogens is 268 g/mol. The summed E-state index contributed by atoms with van der Waals surface area (Å²) >= 11 is 0. The maximum atomic E-state index is 11.4. The standard InChI is InChI=1S/C15H16N4O2/c1-8-12(16)18-14(9-6-7-9)19-15(8)21-11-5-3-2-4-10(11)13(17)20/h2-5,9H,6-7H2,1H3,(H2,17,20)(H2,16,18,19). The van der Waals surface area contributed by atoms with Gasteiger partial charge in [-0.2, -0.15) is 4.98 Å². The molecule has 1 aliphatic rings. The minimum atomic E-state index is -0.548. The molecule has 1 aromatic carbocycles. The summed E-state index contributed by atoms with van der Waals surface area (Å²) in [4.78, 5) is 20.1. The summed E-state index contributed by atoms with van der Waals surface area (Å²) in [6.45, 7) is 1.79. The zero-order chi connectivity index (χ0) is 15.0. The van der Waals surface area contributed by atoms with Crippen LogP contribution in [0.1, 0.15) is 40.5 Å². The third-order valence-electron chi connectivity index (χ3n) is 3.46. The third-order valence-corrected chi connectivity index (χ3v) is 3.46. The van der Waals surface area contributed by atoms with E-state index in [4.69, 9.17) is 16.2 Å². The van der Waals surface area contributed by atoms with E-state index in [0.717, 1.165) is 12.8 Å². The van der Waals surface area contributed by atoms with Crippen molar-refractivity contribution < 1.29 is 9.53 Å². The van der Waals surface area contributed by atoms with Crippen LogP contribution in [0.5, 0.6) is 11.6 Å². The number of nitrogen functional groups attached to an aromatic ring is 1. The number of nitrogens with two attached hydrogens (primary N) is 2. The Morgan fingerprint density at radius 3 is 2.67 bits per heavy atom. The molecule has 1 aliphatic carbocycles. The second-order valence-electron chi connectivity index (χ2n) is 5.13. The van der Waals surface area contributed by atoms with E-state index in [1.807, 2.05) is 0 Å². The van der Waals surface area contributed by atoms with Crippen molar-refractivity contribution in [1.82, 2.24) is 9.97 Å². The molecule has 1 amide bonds. The topological polar surface area (TPSA) is 104 Å². The lowest BCUT2D eigenvalue weighted by Crippen LogP contribution is -2.12. The quantitative estimate of drug-likeness (QED) is 0.895. The molecule has 6 nitrogen and oxygen atoms in total. The van der Waals surface area contributed by atoms with Crippen molar-refractivity contribution >= 4 is 11.7 Å². The Morgan fingerprint density at radius 1 is 1.29 bits per heavy atom. The summed E-state index contributed by atoms with van der Waals surface area (Å²) < 4.78 is 5.77. The predicted molar refractivity (Wildman–Crippen MR) is 78.2 cm³/mol. The Hall–Kier alpha value is -2.63. The van der Waals surface area contributed by atoms with E-state index in [1.54, 1.807) is 31.2 Å². The fourth-order valence-electron chi connectivity index (χ4n) is 2.02. The summed E-state index contributed by atoms with van der Waals surface area (Å²) in [6, 6.07) is 6.78. The molecule has 0 unspecified atom stereocenters. The first-order valence-corrected chi connectivity index (χ1v) is 6.77. The van der Waals surface area contributed by atoms with Crippen LogP contribution in [0.2, 0.25) is 0 Å². The number of benzene rings is 1. The van der Waals surface area contributed by atoms with Gasteiger partial charge in [0.25, 0.3) is 5.91 Å². The summed E-state index contributed by atoms with van der Waals surface area (Å²) in [6.07, 6.45) is 2.14. The Kier molecular flexibility index (Phi) is 3.21. The molecule has 0 saturated heterocycles. The third kappa shape index (κ3) is 2.65. The molecule has 6 heteroatoms. The van der Waals surface area contributed by atoms with Gasteiger partial charge in [0.1, 0.15) is 17.4 Å². The fourth-order valence-corrected chi connectivity index (χ4v) is 2.02. The average Bonchev–Trinajstić information content (AvgIpc) is 3.28. The minimum Gasteiger partial charge on any atom is -0.438 e. The van der Waals surface area contributed by atoms with E-state index >= 15 is 0 Å². The normalized spacial score (nSPS) is 14.0. The molecule has 21 heavy (non-hydrogen) atoms. The number of rotatable bonds is 4. The van der Waals surface area contributed by atoms with Gasteiger partial charge in [-0.3, -0.25) is 4.79 Å². The zero-order valence-electron chi connectivity index (χ0n) is 11.7. The zero-order valence-corrected chi connectivity index (χ0v) is 11.7. The van der Waals surface area contributed by atoms with Gasteiger partial charge in [-0.1, -0.05) is 12.1 Å². The van der Waals surface area contributed by atoms with Crippen LogP contribution in [0, 0.1) is 6.92 Å². The lowest BCUT2D eigenvalue weighted by molar-refractivity contribution is 0.0998. The Balaban J connectivity index is 2.00. The Morgan fingerprint density at radius 2 is 2.00 bits per heavy atom. The number of aromatic nitrogens is 2. The summed E-state index contributed by atoms with van der Waals surface area (Å²) in [5.74, 6) is 1.66. The van der Waals surface area contributed by atoms with Gasteiger partial charge >= 0.3 is 0 Å². The molecule has 108 valence electrons. The number of para-hydroxylation sites is 1. The van der Waals surface area contributed by atoms with Crippen molar-refractivity contribution in [2.45, 2.75) is 25.7 Å². The van der Waals surface area contributed by atoms with E-state index < -0.39 is 5.91 Å². The molecule has 0 atom stereocenters. The molecule has 1 aromatic heterocycles. The van der Waals surface area contributed by atoms with Crippen LogP contribution in [-0.2, 0) is 0 Å². The largest absolute Gasteiger partial charge is 0.438 e. The first-order valence-electron chi connectivity index (χ1n) is 6.77. The number of nitrogens with zero attached hydrogens (tertiary/aromatic N) is 2. The number of anilines is 1. The van der Waals surface area contributed by atoms with Crippen LogP contribution in [0.4, 0.5) is 5.82 Å². The average molecular weight is 284 g/mol. The summed E-state index contributed by atoms with van der Waals surface area (Å²) in [5, 5.41) is 0. The van der Waals surface area contributed by atoms with Crippen LogP contribution in [-0.4, -0.2) is 15.9 Å². The summed E-state index contributed by atoms with van der Waals surface area (Å²) in [5.41, 5.74) is 12.2. The van der Waals surface area contributed by atoms with Crippen LogP contribution < -0.4 is 16.2 Å². The number of hydrogen-bond donors (Lipinski definition) is 2. The molecule has 1 saturated carbocycles. The number of ether oxygens (including phenoxy) is 1. The molecule has 2 aromatic rings. The molecule has 0 spiro atoms. The highest BCUT2D eigenvalue weighted by molar-refractivity contribution is 5.95. The van der Waals surface area contributed by atoms with E-state index in [9.17, 15) is 4.79 Å². The maximum absolute atomic E-state index is 11.4. The van der Waals surface area contributed by atoms with Crippen LogP contribution in [0.3, 0.4) is 0 Å². The van der Waals surface area contributed by atoms with E-state index in [1.165, 1.54) is 0 Å². The van der Waals surface area contributed by atoms with Crippen molar-refractivity contribution in [3.8, 4) is 11.6 Å². The van der Waals surface area contributed by atoms with Crippen LogP contribution in [0.25, 0.3) is 0 Å². The highest BCUT2D eigenvalue weighted by atomic mass is 16.5. The number of primary amides is 1. The van der Waals surface area contributed by atoms with Gasteiger partial charge in [-0.25, -0.2) is 4.98 Å². The Labute approximate surface area is 122 Å². The molecule has 0 aliphatic heterocycles. The molecular formula is C15H16N4O2. The van der Waals surface area contributed by atoms with Crippen molar-refractivity contribution in [3.63, 3.8) is 0 Å². The van der Waals surface area contributed by atoms with E-state index in [-0.39, 0.29) is 0 Å². The highest BCUT2D eigenvalue weighted by Crippen LogP contribution is 2.40. The fraction of sp³-hybridized carbons (Fsp3) is 0.267. The van der Waals surface area contributed by atoms with Gasteiger partial charge in [0.15, 0.2) is 0 Å². The van der Waals surface area contributed by atoms with Gasteiger partial charge in [-0.15, -0.1) is 0 Å². The number of carbonyl (C=O) groups excluding carboxylic acids is 1. The predicted octanol–water partition coefficient (Wildman–Crippen LogP) is 2.14. The van der Waals surface area contributed by atoms with Crippen molar-refractivity contribution in [1.29, 1.82) is 0 Å². The number of carbonyl (C=O) groups is 1. The van der Waals surface area contributed by atoms with Crippen LogP contribution >= 0.6 is 0 Å². The van der Waals surface area contributed by atoms with E-state index in [0.29, 0.717) is 40.3 Å². The highest BCUT2D eigenvalue weighted by Gasteiger charge is 2.28. The number of amides is 1. The van der Waals surface area contributed by atoms with Crippen molar-refractivity contribution in [3.05, 3.63) is 41.2 Å². The molecule has 1 heterocycles. The minimum absolute atomic E-state index is 0.307. The van der Waals surface area contributed by atoms with E-state index in [2.05, 4.69) is 9.97 Å². The van der Waals surface area contributed by atoms with Gasteiger partial charge in [0.2, 0.25) is 5.88 Å². The smallest absolute Gasteiger partial charge is 0.252 e. The lowest BCUT2D eigenvalue weighted by Gasteiger charge is -2.12. The Bertz CT molecular complexity index is 711. The lowest BCUT2D eigenvalue weighted by atomic mass is 10.2. The maximum Gasteiger partial charge on any atom is 0.252 e. The van der Waals surface area contributed by atoms with Crippen LogP contribution in [0.15, 0.2) is 24.3 Å². The first kappa shape index (κ1) is 13.4. The van der Waals surface area contributed by atoms with Crippen molar-refractivity contribution in [2.24, 2.45) is 5.73 Å².